The number of methoxy groups -OCH3 is 1. The third kappa shape index (κ3) is 5.24. The minimum absolute atomic E-state index is 0.0412. The molecule has 1 fully saturated rings. The lowest BCUT2D eigenvalue weighted by atomic mass is 10.2. The van der Waals surface area contributed by atoms with Crippen molar-refractivity contribution < 1.29 is 14.6 Å². The molecule has 32 heavy (non-hydrogen) atoms. The van der Waals surface area contributed by atoms with E-state index in [0.717, 1.165) is 59.7 Å². The fourth-order valence-electron chi connectivity index (χ4n) is 3.50. The number of amides is 1. The minimum Gasteiger partial charge on any atom is -0.497 e. The second-order valence-electron chi connectivity index (χ2n) is 7.60. The van der Waals surface area contributed by atoms with Crippen LogP contribution < -0.4 is 16.0 Å². The summed E-state index contributed by atoms with van der Waals surface area (Å²) >= 11 is 1.08. The van der Waals surface area contributed by atoms with Gasteiger partial charge >= 0.3 is 5.69 Å². The number of aromatic nitrogens is 2. The molecule has 1 N–H and O–H groups in total. The molecular formula is C22H28N4O5S. The van der Waals surface area contributed by atoms with E-state index >= 15 is 0 Å². The Morgan fingerprint density at radius 1 is 1.06 bits per heavy atom. The van der Waals surface area contributed by atoms with Crippen LogP contribution in [0, 0.1) is 0 Å². The largest absolute Gasteiger partial charge is 0.497 e. The quantitative estimate of drug-likeness (QED) is 0.541. The molecule has 0 atom stereocenters. The van der Waals surface area contributed by atoms with Crippen LogP contribution in [-0.2, 0) is 18.9 Å². The number of thioether (sulfide) groups is 1. The number of ether oxygens (including phenoxy) is 1. The molecule has 1 aliphatic heterocycles. The normalized spacial score (nSPS) is 14.8. The zero-order valence-electron chi connectivity index (χ0n) is 18.5. The van der Waals surface area contributed by atoms with Crippen molar-refractivity contribution in [2.75, 3.05) is 26.0 Å². The van der Waals surface area contributed by atoms with Crippen LogP contribution in [0.3, 0.4) is 0 Å². The highest BCUT2D eigenvalue weighted by Crippen LogP contribution is 2.25. The Bertz CT molecular complexity index is 1110. The van der Waals surface area contributed by atoms with Gasteiger partial charge in [-0.1, -0.05) is 24.6 Å². The first-order chi connectivity index (χ1) is 15.3. The second-order valence-corrected chi connectivity index (χ2v) is 8.57. The van der Waals surface area contributed by atoms with Crippen molar-refractivity contribution in [2.45, 2.75) is 25.7 Å². The van der Waals surface area contributed by atoms with E-state index in [9.17, 15) is 19.5 Å². The Labute approximate surface area is 190 Å². The Morgan fingerprint density at radius 3 is 2.28 bits per heavy atom. The molecule has 9 nitrogen and oxygen atoms in total. The molecule has 0 radical (unpaired) electrons. The standard InChI is InChI=1S/C22H28N4O5S/c1-24-20(28)18(21(29)25(2)22(24)30)19(23-15-8-10-16(31-3)11-9-15)32-14-17(27)26-12-6-4-5-7-13-26/h8-11,28H,4-7,12-14H2,1-3H3. The van der Waals surface area contributed by atoms with Gasteiger partial charge in [0.15, 0.2) is 0 Å². The molecule has 2 heterocycles. The van der Waals surface area contributed by atoms with E-state index in [1.807, 2.05) is 4.90 Å². The van der Waals surface area contributed by atoms with Gasteiger partial charge in [0.2, 0.25) is 11.8 Å². The fraction of sp³-hybridized carbons (Fsp3) is 0.455. The van der Waals surface area contributed by atoms with Gasteiger partial charge in [-0.2, -0.15) is 0 Å². The average Bonchev–Trinajstić information content (AvgIpc) is 3.10. The van der Waals surface area contributed by atoms with E-state index in [0.29, 0.717) is 11.4 Å². The van der Waals surface area contributed by atoms with Crippen LogP contribution in [0.15, 0.2) is 38.8 Å². The Morgan fingerprint density at radius 2 is 1.69 bits per heavy atom. The maximum absolute atomic E-state index is 12.9. The number of nitrogens with zero attached hydrogens (tertiary/aromatic N) is 4. The number of benzene rings is 1. The number of aromatic hydroxyl groups is 1. The second kappa shape index (κ2) is 10.5. The SMILES string of the molecule is COc1ccc(N=C(SCC(=O)N2CCCCCC2)c2c(O)n(C)c(=O)n(C)c2=O)cc1. The van der Waals surface area contributed by atoms with Gasteiger partial charge in [0.25, 0.3) is 5.56 Å². The van der Waals surface area contributed by atoms with Gasteiger partial charge in [0, 0.05) is 27.2 Å². The number of carbonyl (C=O) groups is 1. The van der Waals surface area contributed by atoms with Crippen LogP contribution in [0.1, 0.15) is 31.2 Å². The summed E-state index contributed by atoms with van der Waals surface area (Å²) in [6.07, 6.45) is 4.18. The molecule has 0 spiro atoms. The van der Waals surface area contributed by atoms with Crippen molar-refractivity contribution in [1.29, 1.82) is 0 Å². The van der Waals surface area contributed by atoms with E-state index in [1.165, 1.54) is 14.1 Å². The fourth-order valence-corrected chi connectivity index (χ4v) is 4.43. The molecule has 172 valence electrons. The van der Waals surface area contributed by atoms with E-state index < -0.39 is 17.1 Å². The molecule has 1 aromatic heterocycles. The van der Waals surface area contributed by atoms with Crippen LogP contribution in [0.2, 0.25) is 0 Å². The van der Waals surface area contributed by atoms with Crippen molar-refractivity contribution in [3.05, 3.63) is 50.7 Å². The van der Waals surface area contributed by atoms with Crippen LogP contribution >= 0.6 is 11.8 Å². The molecule has 0 aliphatic carbocycles. The summed E-state index contributed by atoms with van der Waals surface area (Å²) in [6.45, 7) is 1.44. The molecule has 1 amide bonds. The summed E-state index contributed by atoms with van der Waals surface area (Å²) < 4.78 is 7.06. The number of hydrogen-bond donors (Lipinski definition) is 1. The van der Waals surface area contributed by atoms with Crippen molar-refractivity contribution >= 4 is 28.4 Å². The molecule has 10 heteroatoms. The Hall–Kier alpha value is -3.01. The highest BCUT2D eigenvalue weighted by atomic mass is 32.2. The van der Waals surface area contributed by atoms with E-state index in [2.05, 4.69) is 4.99 Å². The number of rotatable bonds is 5. The zero-order chi connectivity index (χ0) is 23.3. The monoisotopic (exact) mass is 460 g/mol. The summed E-state index contributed by atoms with van der Waals surface area (Å²) in [4.78, 5) is 44.2. The topological polar surface area (TPSA) is 106 Å². The predicted molar refractivity (Wildman–Crippen MR) is 125 cm³/mol. The lowest BCUT2D eigenvalue weighted by molar-refractivity contribution is -0.128. The highest BCUT2D eigenvalue weighted by Gasteiger charge is 2.23. The lowest BCUT2D eigenvalue weighted by Gasteiger charge is -2.20. The molecule has 0 bridgehead atoms. The van der Waals surface area contributed by atoms with Gasteiger partial charge in [-0.15, -0.1) is 0 Å². The summed E-state index contributed by atoms with van der Waals surface area (Å²) in [6, 6.07) is 6.86. The first-order valence-corrected chi connectivity index (χ1v) is 11.4. The Balaban J connectivity index is 1.99. The molecule has 1 aliphatic rings. The molecule has 1 aromatic carbocycles. The van der Waals surface area contributed by atoms with Crippen molar-refractivity contribution in [1.82, 2.24) is 14.0 Å². The van der Waals surface area contributed by atoms with Gasteiger partial charge in [-0.05, 0) is 37.1 Å². The van der Waals surface area contributed by atoms with Crippen LogP contribution in [-0.4, -0.2) is 56.0 Å². The van der Waals surface area contributed by atoms with Crippen LogP contribution in [0.5, 0.6) is 11.6 Å². The van der Waals surface area contributed by atoms with Gasteiger partial charge in [0.1, 0.15) is 16.4 Å². The number of aliphatic imine (C=N–C) groups is 1. The molecule has 0 unspecified atom stereocenters. The van der Waals surface area contributed by atoms with Gasteiger partial charge in [0.05, 0.1) is 18.6 Å². The maximum atomic E-state index is 12.9. The summed E-state index contributed by atoms with van der Waals surface area (Å²) in [5, 5.41) is 10.8. The van der Waals surface area contributed by atoms with E-state index in [1.54, 1.807) is 31.4 Å². The Kier molecular flexibility index (Phi) is 7.79. The van der Waals surface area contributed by atoms with E-state index in [-0.39, 0.29) is 22.3 Å². The van der Waals surface area contributed by atoms with Gasteiger partial charge in [-0.3, -0.25) is 18.7 Å². The third-order valence-electron chi connectivity index (χ3n) is 5.44. The molecular weight excluding hydrogens is 432 g/mol. The minimum atomic E-state index is -0.674. The summed E-state index contributed by atoms with van der Waals surface area (Å²) in [5.74, 6) is 0.191. The molecule has 1 saturated heterocycles. The predicted octanol–water partition coefficient (Wildman–Crippen LogP) is 2.01. The molecule has 2 aromatic rings. The van der Waals surface area contributed by atoms with Crippen LogP contribution in [0.25, 0.3) is 0 Å². The lowest BCUT2D eigenvalue weighted by Crippen LogP contribution is -2.40. The number of hydrogen-bond acceptors (Lipinski definition) is 7. The van der Waals surface area contributed by atoms with E-state index in [4.69, 9.17) is 4.74 Å². The first-order valence-electron chi connectivity index (χ1n) is 10.5. The maximum Gasteiger partial charge on any atom is 0.333 e. The van der Waals surface area contributed by atoms with Gasteiger partial charge in [-0.25, -0.2) is 9.79 Å². The smallest absolute Gasteiger partial charge is 0.333 e. The van der Waals surface area contributed by atoms with Crippen molar-refractivity contribution in [3.8, 4) is 11.6 Å². The number of likely N-dealkylation sites (tertiary alicyclic amines) is 1. The highest BCUT2D eigenvalue weighted by molar-refractivity contribution is 8.15. The van der Waals surface area contributed by atoms with Crippen molar-refractivity contribution in [2.24, 2.45) is 19.1 Å². The summed E-state index contributed by atoms with van der Waals surface area (Å²) in [5.41, 5.74) is -0.914. The van der Waals surface area contributed by atoms with Crippen molar-refractivity contribution in [3.63, 3.8) is 0 Å². The zero-order valence-corrected chi connectivity index (χ0v) is 19.4. The summed E-state index contributed by atoms with van der Waals surface area (Å²) in [7, 11) is 4.27. The first kappa shape index (κ1) is 23.6. The third-order valence-corrected chi connectivity index (χ3v) is 6.40. The average molecular weight is 461 g/mol. The van der Waals surface area contributed by atoms with Gasteiger partial charge < -0.3 is 14.7 Å². The molecule has 3 rings (SSSR count). The van der Waals surface area contributed by atoms with Crippen LogP contribution in [0.4, 0.5) is 5.69 Å². The molecule has 0 saturated carbocycles. The number of carbonyl (C=O) groups excluding carboxylic acids is 1.